The van der Waals surface area contributed by atoms with E-state index in [2.05, 4.69) is 15.4 Å². The third-order valence-corrected chi connectivity index (χ3v) is 3.29. The van der Waals surface area contributed by atoms with Gasteiger partial charge in [0.25, 0.3) is 5.91 Å². The molecule has 1 atom stereocenters. The number of halogens is 3. The van der Waals surface area contributed by atoms with Crippen LogP contribution in [0.4, 0.5) is 13.2 Å². The number of alkyl halides is 3. The fourth-order valence-electron chi connectivity index (χ4n) is 1.93. The Hall–Kier alpha value is -2.38. The lowest BCUT2D eigenvalue weighted by Gasteiger charge is -2.14. The van der Waals surface area contributed by atoms with Crippen LogP contribution in [0, 0.1) is 0 Å². The van der Waals surface area contributed by atoms with E-state index in [0.717, 1.165) is 12.3 Å². The lowest BCUT2D eigenvalue weighted by molar-refractivity contribution is -0.141. The van der Waals surface area contributed by atoms with Crippen molar-refractivity contribution in [2.24, 2.45) is 0 Å². The van der Waals surface area contributed by atoms with Gasteiger partial charge in [-0.15, -0.1) is 0 Å². The maximum atomic E-state index is 12.5. The second kappa shape index (κ2) is 6.39. The molecule has 2 aromatic heterocycles. The van der Waals surface area contributed by atoms with Crippen LogP contribution in [-0.4, -0.2) is 20.7 Å². The number of hydrogen-bond donors (Lipinski definition) is 1. The molecular weight excluding hydrogens is 309 g/mol. The van der Waals surface area contributed by atoms with Gasteiger partial charge in [0.05, 0.1) is 6.04 Å². The van der Waals surface area contributed by atoms with Crippen LogP contribution in [-0.2, 0) is 6.18 Å². The van der Waals surface area contributed by atoms with E-state index in [1.54, 1.807) is 23.9 Å². The van der Waals surface area contributed by atoms with E-state index in [-0.39, 0.29) is 11.7 Å². The zero-order valence-electron chi connectivity index (χ0n) is 12.9. The summed E-state index contributed by atoms with van der Waals surface area (Å²) < 4.78 is 39.1. The molecule has 0 aliphatic heterocycles. The molecule has 0 aliphatic rings. The summed E-state index contributed by atoms with van der Waals surface area (Å²) in [6, 6.07) is 3.43. The predicted molar refractivity (Wildman–Crippen MR) is 77.7 cm³/mol. The van der Waals surface area contributed by atoms with Crippen molar-refractivity contribution < 1.29 is 18.0 Å². The molecule has 124 valence electrons. The molecule has 1 amide bonds. The molecule has 2 aromatic rings. The van der Waals surface area contributed by atoms with Crippen LogP contribution in [0.2, 0.25) is 0 Å². The highest BCUT2D eigenvalue weighted by molar-refractivity contribution is 5.92. The molecular formula is C15H17F3N4O. The van der Waals surface area contributed by atoms with Crippen molar-refractivity contribution in [1.29, 1.82) is 0 Å². The van der Waals surface area contributed by atoms with E-state index in [1.165, 1.54) is 6.07 Å². The predicted octanol–water partition coefficient (Wildman–Crippen LogP) is 3.37. The molecule has 0 spiro atoms. The topological polar surface area (TPSA) is 59.8 Å². The van der Waals surface area contributed by atoms with Gasteiger partial charge in [-0.3, -0.25) is 14.5 Å². The maximum Gasteiger partial charge on any atom is 0.433 e. The van der Waals surface area contributed by atoms with Crippen molar-refractivity contribution in [3.8, 4) is 0 Å². The van der Waals surface area contributed by atoms with Crippen LogP contribution in [0.15, 0.2) is 30.6 Å². The fraction of sp³-hybridized carbons (Fsp3) is 0.400. The van der Waals surface area contributed by atoms with Gasteiger partial charge < -0.3 is 5.32 Å². The summed E-state index contributed by atoms with van der Waals surface area (Å²) >= 11 is 0. The first-order chi connectivity index (χ1) is 10.7. The van der Waals surface area contributed by atoms with Gasteiger partial charge in [-0.05, 0) is 38.5 Å². The number of rotatable bonds is 4. The zero-order chi connectivity index (χ0) is 17.2. The number of pyridine rings is 1. The Morgan fingerprint density at radius 3 is 2.39 bits per heavy atom. The van der Waals surface area contributed by atoms with Crippen LogP contribution in [0.5, 0.6) is 0 Å². The Kier molecular flexibility index (Phi) is 4.72. The lowest BCUT2D eigenvalue weighted by atomic mass is 10.1. The van der Waals surface area contributed by atoms with Gasteiger partial charge in [0.1, 0.15) is 11.4 Å². The average Bonchev–Trinajstić information content (AvgIpc) is 2.96. The van der Waals surface area contributed by atoms with Crippen molar-refractivity contribution in [3.05, 3.63) is 47.5 Å². The minimum Gasteiger partial charge on any atom is -0.344 e. The first kappa shape index (κ1) is 17.0. The normalized spacial score (nSPS) is 13.2. The Labute approximate surface area is 131 Å². The number of nitrogens with one attached hydrogen (secondary N) is 1. The van der Waals surface area contributed by atoms with E-state index in [1.807, 2.05) is 13.8 Å². The Bertz CT molecular complexity index is 677. The van der Waals surface area contributed by atoms with E-state index >= 15 is 0 Å². The van der Waals surface area contributed by atoms with E-state index in [9.17, 15) is 18.0 Å². The van der Waals surface area contributed by atoms with Crippen molar-refractivity contribution in [2.45, 2.75) is 39.0 Å². The first-order valence-corrected chi connectivity index (χ1v) is 7.07. The molecule has 8 heteroatoms. The molecule has 0 aromatic carbocycles. The van der Waals surface area contributed by atoms with Crippen LogP contribution < -0.4 is 5.32 Å². The van der Waals surface area contributed by atoms with Gasteiger partial charge >= 0.3 is 6.18 Å². The zero-order valence-corrected chi connectivity index (χ0v) is 12.9. The highest BCUT2D eigenvalue weighted by Gasteiger charge is 2.32. The lowest BCUT2D eigenvalue weighted by Crippen LogP contribution is -2.27. The SMILES string of the molecule is CC(C)n1ccc(C(=O)N[C@H](C)c2ccc(C(F)(F)F)nc2)n1. The second-order valence-electron chi connectivity index (χ2n) is 5.44. The molecule has 2 heterocycles. The van der Waals surface area contributed by atoms with Gasteiger partial charge in [0.15, 0.2) is 0 Å². The number of hydrogen-bond acceptors (Lipinski definition) is 3. The Balaban J connectivity index is 2.05. The number of carbonyl (C=O) groups excluding carboxylic acids is 1. The van der Waals surface area contributed by atoms with Crippen LogP contribution in [0.1, 0.15) is 54.6 Å². The number of nitrogens with zero attached hydrogens (tertiary/aromatic N) is 3. The maximum absolute atomic E-state index is 12.5. The molecule has 0 bridgehead atoms. The third kappa shape index (κ3) is 4.08. The summed E-state index contributed by atoms with van der Waals surface area (Å²) in [5.74, 6) is -0.392. The molecule has 0 aliphatic carbocycles. The van der Waals surface area contributed by atoms with Crippen LogP contribution in [0.25, 0.3) is 0 Å². The van der Waals surface area contributed by atoms with E-state index in [4.69, 9.17) is 0 Å². The fourth-order valence-corrected chi connectivity index (χ4v) is 1.93. The number of amides is 1. The van der Waals surface area contributed by atoms with Crippen molar-refractivity contribution in [3.63, 3.8) is 0 Å². The molecule has 23 heavy (non-hydrogen) atoms. The Morgan fingerprint density at radius 1 is 1.22 bits per heavy atom. The van der Waals surface area contributed by atoms with Gasteiger partial charge in [-0.1, -0.05) is 6.07 Å². The monoisotopic (exact) mass is 326 g/mol. The summed E-state index contributed by atoms with van der Waals surface area (Å²) in [6.45, 7) is 5.54. The summed E-state index contributed by atoms with van der Waals surface area (Å²) in [6.07, 6.45) is -1.67. The minimum absolute atomic E-state index is 0.132. The standard InChI is InChI=1S/C15H17F3N4O/c1-9(2)22-7-6-12(21-22)14(23)20-10(3)11-4-5-13(19-8-11)15(16,17)18/h4-10H,1-3H3,(H,20,23)/t10-/m1/s1. The highest BCUT2D eigenvalue weighted by Crippen LogP contribution is 2.27. The molecule has 2 rings (SSSR count). The van der Waals surface area contributed by atoms with E-state index in [0.29, 0.717) is 5.56 Å². The van der Waals surface area contributed by atoms with E-state index < -0.39 is 23.8 Å². The van der Waals surface area contributed by atoms with Crippen molar-refractivity contribution in [2.75, 3.05) is 0 Å². The number of aromatic nitrogens is 3. The second-order valence-corrected chi connectivity index (χ2v) is 5.44. The van der Waals surface area contributed by atoms with Gasteiger partial charge in [-0.2, -0.15) is 18.3 Å². The van der Waals surface area contributed by atoms with Crippen molar-refractivity contribution >= 4 is 5.91 Å². The largest absolute Gasteiger partial charge is 0.433 e. The molecule has 0 unspecified atom stereocenters. The summed E-state index contributed by atoms with van der Waals surface area (Å²) in [5, 5.41) is 6.83. The Morgan fingerprint density at radius 2 is 1.91 bits per heavy atom. The molecule has 0 saturated carbocycles. The molecule has 0 fully saturated rings. The van der Waals surface area contributed by atoms with Crippen LogP contribution >= 0.6 is 0 Å². The molecule has 0 radical (unpaired) electrons. The summed E-state index contributed by atoms with van der Waals surface area (Å²) in [7, 11) is 0. The summed E-state index contributed by atoms with van der Waals surface area (Å²) in [4.78, 5) is 15.5. The van der Waals surface area contributed by atoms with Crippen LogP contribution in [0.3, 0.4) is 0 Å². The highest BCUT2D eigenvalue weighted by atomic mass is 19.4. The molecule has 0 saturated heterocycles. The van der Waals surface area contributed by atoms with Gasteiger partial charge in [-0.25, -0.2) is 0 Å². The molecule has 5 nitrogen and oxygen atoms in total. The minimum atomic E-state index is -4.48. The number of carbonyl (C=O) groups is 1. The van der Waals surface area contributed by atoms with Gasteiger partial charge in [0.2, 0.25) is 0 Å². The van der Waals surface area contributed by atoms with Gasteiger partial charge in [0, 0.05) is 18.4 Å². The first-order valence-electron chi connectivity index (χ1n) is 7.07. The third-order valence-electron chi connectivity index (χ3n) is 3.29. The molecule has 1 N–H and O–H groups in total. The average molecular weight is 326 g/mol. The van der Waals surface area contributed by atoms with Crippen molar-refractivity contribution in [1.82, 2.24) is 20.1 Å². The quantitative estimate of drug-likeness (QED) is 0.937. The summed E-state index contributed by atoms with van der Waals surface area (Å²) in [5.41, 5.74) is -0.226. The smallest absolute Gasteiger partial charge is 0.344 e.